The standard InChI is InChI=1S/C25H30N6/c1-16(2)19-9-11-20(12-10-19)22-21-23(29-31-18(4)15-17(3)26-24(21)31)28-25(27-22)30-13-7-5-6-8-14-30/h9-12,15-16H,5-8,13-14H2,1-4H3. The van der Waals surface area contributed by atoms with Gasteiger partial charge in [0.2, 0.25) is 5.95 Å². The average molecular weight is 415 g/mol. The zero-order chi connectivity index (χ0) is 21.5. The Morgan fingerprint density at radius 3 is 2.26 bits per heavy atom. The number of nitrogens with zero attached hydrogens (tertiary/aromatic N) is 6. The molecule has 0 aliphatic carbocycles. The summed E-state index contributed by atoms with van der Waals surface area (Å²) >= 11 is 0. The van der Waals surface area contributed by atoms with Crippen molar-refractivity contribution in [3.05, 3.63) is 47.3 Å². The summed E-state index contributed by atoms with van der Waals surface area (Å²) in [7, 11) is 0. The molecule has 0 bridgehead atoms. The van der Waals surface area contributed by atoms with E-state index in [1.165, 1.54) is 31.2 Å². The minimum Gasteiger partial charge on any atom is -0.341 e. The molecule has 3 aromatic heterocycles. The van der Waals surface area contributed by atoms with Gasteiger partial charge in [-0.2, -0.15) is 4.98 Å². The third kappa shape index (κ3) is 3.64. The van der Waals surface area contributed by atoms with Gasteiger partial charge in [0, 0.05) is 30.0 Å². The highest BCUT2D eigenvalue weighted by atomic mass is 15.3. The van der Waals surface area contributed by atoms with Crippen LogP contribution in [0.25, 0.3) is 27.9 Å². The zero-order valence-corrected chi connectivity index (χ0v) is 18.9. The van der Waals surface area contributed by atoms with Gasteiger partial charge in [0.15, 0.2) is 11.3 Å². The van der Waals surface area contributed by atoms with E-state index in [4.69, 9.17) is 20.1 Å². The summed E-state index contributed by atoms with van der Waals surface area (Å²) in [5, 5.41) is 5.78. The summed E-state index contributed by atoms with van der Waals surface area (Å²) in [5.74, 6) is 1.28. The van der Waals surface area contributed by atoms with E-state index in [9.17, 15) is 0 Å². The smallest absolute Gasteiger partial charge is 0.228 e. The molecule has 5 rings (SSSR count). The van der Waals surface area contributed by atoms with Gasteiger partial charge in [-0.15, -0.1) is 5.10 Å². The molecule has 31 heavy (non-hydrogen) atoms. The van der Waals surface area contributed by atoms with Crippen molar-refractivity contribution in [2.75, 3.05) is 18.0 Å². The topological polar surface area (TPSA) is 59.2 Å². The molecule has 0 amide bonds. The maximum Gasteiger partial charge on any atom is 0.228 e. The Kier molecular flexibility index (Phi) is 5.08. The number of benzene rings is 1. The quantitative estimate of drug-likeness (QED) is 0.445. The minimum atomic E-state index is 0.496. The molecule has 0 spiro atoms. The summed E-state index contributed by atoms with van der Waals surface area (Å²) in [6, 6.07) is 10.8. The fraction of sp³-hybridized carbons (Fsp3) is 0.440. The molecule has 4 heterocycles. The van der Waals surface area contributed by atoms with Crippen LogP contribution >= 0.6 is 0 Å². The van der Waals surface area contributed by atoms with E-state index in [0.29, 0.717) is 5.92 Å². The lowest BCUT2D eigenvalue weighted by Gasteiger charge is -2.20. The minimum absolute atomic E-state index is 0.496. The third-order valence-electron chi connectivity index (χ3n) is 6.27. The second kappa shape index (κ2) is 7.91. The highest BCUT2D eigenvalue weighted by Crippen LogP contribution is 2.32. The van der Waals surface area contributed by atoms with Crippen LogP contribution in [-0.2, 0) is 0 Å². The van der Waals surface area contributed by atoms with Crippen molar-refractivity contribution in [2.24, 2.45) is 0 Å². The number of rotatable bonds is 3. The molecule has 4 aromatic rings. The Balaban J connectivity index is 1.76. The Bertz CT molecular complexity index is 1230. The molecule has 0 atom stereocenters. The largest absolute Gasteiger partial charge is 0.341 e. The second-order valence-electron chi connectivity index (χ2n) is 9.02. The third-order valence-corrected chi connectivity index (χ3v) is 6.27. The normalized spacial score (nSPS) is 15.2. The molecule has 1 saturated heterocycles. The van der Waals surface area contributed by atoms with Gasteiger partial charge in [-0.3, -0.25) is 0 Å². The maximum atomic E-state index is 5.11. The maximum absolute atomic E-state index is 5.11. The van der Waals surface area contributed by atoms with Crippen molar-refractivity contribution in [3.8, 4) is 11.3 Å². The van der Waals surface area contributed by atoms with E-state index in [1.807, 2.05) is 11.4 Å². The van der Waals surface area contributed by atoms with E-state index in [1.54, 1.807) is 0 Å². The number of hydrogen-bond acceptors (Lipinski definition) is 5. The van der Waals surface area contributed by atoms with Crippen LogP contribution in [-0.4, -0.2) is 37.7 Å². The first-order chi connectivity index (χ1) is 15.0. The Labute approximate surface area is 183 Å². The molecule has 1 fully saturated rings. The van der Waals surface area contributed by atoms with Crippen LogP contribution in [0.3, 0.4) is 0 Å². The summed E-state index contributed by atoms with van der Waals surface area (Å²) < 4.78 is 1.91. The highest BCUT2D eigenvalue weighted by Gasteiger charge is 2.21. The van der Waals surface area contributed by atoms with E-state index < -0.39 is 0 Å². The van der Waals surface area contributed by atoms with Crippen LogP contribution in [0.2, 0.25) is 0 Å². The van der Waals surface area contributed by atoms with Crippen molar-refractivity contribution in [1.82, 2.24) is 24.6 Å². The van der Waals surface area contributed by atoms with Crippen molar-refractivity contribution >= 4 is 22.6 Å². The number of aromatic nitrogens is 5. The SMILES string of the molecule is Cc1cc(C)n2nc3nc(N4CCCCCC4)nc(-c4ccc(C(C)C)cc4)c3c2n1. The Hall–Kier alpha value is -3.02. The summed E-state index contributed by atoms with van der Waals surface area (Å²) in [6.45, 7) is 10.5. The van der Waals surface area contributed by atoms with Crippen LogP contribution in [0.1, 0.15) is 62.4 Å². The molecule has 1 aliphatic rings. The van der Waals surface area contributed by atoms with Crippen molar-refractivity contribution in [3.63, 3.8) is 0 Å². The van der Waals surface area contributed by atoms with E-state index >= 15 is 0 Å². The molecule has 1 aliphatic heterocycles. The predicted octanol–water partition coefficient (Wildman–Crippen LogP) is 5.46. The summed E-state index contributed by atoms with van der Waals surface area (Å²) in [6.07, 6.45) is 4.92. The van der Waals surface area contributed by atoms with Gasteiger partial charge in [0.1, 0.15) is 0 Å². The van der Waals surface area contributed by atoms with Gasteiger partial charge >= 0.3 is 0 Å². The highest BCUT2D eigenvalue weighted by molar-refractivity contribution is 6.01. The fourth-order valence-electron chi connectivity index (χ4n) is 4.52. The van der Waals surface area contributed by atoms with Crippen LogP contribution < -0.4 is 4.90 Å². The molecular formula is C25H30N6. The average Bonchev–Trinajstić information content (AvgIpc) is 2.94. The first-order valence-electron chi connectivity index (χ1n) is 11.4. The number of fused-ring (bicyclic) bond motifs is 3. The van der Waals surface area contributed by atoms with E-state index in [2.05, 4.69) is 56.0 Å². The molecule has 0 radical (unpaired) electrons. The molecule has 6 nitrogen and oxygen atoms in total. The van der Waals surface area contributed by atoms with Gasteiger partial charge in [0.25, 0.3) is 0 Å². The first kappa shape index (κ1) is 19.9. The van der Waals surface area contributed by atoms with Crippen molar-refractivity contribution in [1.29, 1.82) is 0 Å². The van der Waals surface area contributed by atoms with Gasteiger partial charge in [0.05, 0.1) is 11.1 Å². The number of hydrogen-bond donors (Lipinski definition) is 0. The van der Waals surface area contributed by atoms with E-state index in [0.717, 1.165) is 58.4 Å². The lowest BCUT2D eigenvalue weighted by Crippen LogP contribution is -2.26. The number of anilines is 1. The van der Waals surface area contributed by atoms with Crippen molar-refractivity contribution in [2.45, 2.75) is 59.3 Å². The molecule has 0 N–H and O–H groups in total. The van der Waals surface area contributed by atoms with Gasteiger partial charge < -0.3 is 4.90 Å². The second-order valence-corrected chi connectivity index (χ2v) is 9.02. The Morgan fingerprint density at radius 1 is 0.871 bits per heavy atom. The van der Waals surface area contributed by atoms with Crippen LogP contribution in [0, 0.1) is 13.8 Å². The molecular weight excluding hydrogens is 384 g/mol. The monoisotopic (exact) mass is 414 g/mol. The summed E-state index contributed by atoms with van der Waals surface area (Å²) in [4.78, 5) is 17.2. The van der Waals surface area contributed by atoms with Gasteiger partial charge in [-0.25, -0.2) is 14.5 Å². The fourth-order valence-corrected chi connectivity index (χ4v) is 4.52. The molecule has 1 aromatic carbocycles. The predicted molar refractivity (Wildman–Crippen MR) is 126 cm³/mol. The van der Waals surface area contributed by atoms with Gasteiger partial charge in [-0.1, -0.05) is 51.0 Å². The molecule has 6 heteroatoms. The number of aryl methyl sites for hydroxylation is 2. The first-order valence-corrected chi connectivity index (χ1v) is 11.4. The lowest BCUT2D eigenvalue weighted by molar-refractivity contribution is 0.726. The molecule has 0 unspecified atom stereocenters. The van der Waals surface area contributed by atoms with Crippen LogP contribution in [0.15, 0.2) is 30.3 Å². The van der Waals surface area contributed by atoms with E-state index in [-0.39, 0.29) is 0 Å². The zero-order valence-electron chi connectivity index (χ0n) is 18.9. The lowest BCUT2D eigenvalue weighted by atomic mass is 10.00. The van der Waals surface area contributed by atoms with Crippen molar-refractivity contribution < 1.29 is 0 Å². The van der Waals surface area contributed by atoms with Gasteiger partial charge in [-0.05, 0) is 44.2 Å². The van der Waals surface area contributed by atoms with Crippen LogP contribution in [0.5, 0.6) is 0 Å². The Morgan fingerprint density at radius 2 is 1.58 bits per heavy atom. The van der Waals surface area contributed by atoms with Crippen LogP contribution in [0.4, 0.5) is 5.95 Å². The summed E-state index contributed by atoms with van der Waals surface area (Å²) in [5.41, 5.74) is 6.92. The molecule has 160 valence electrons. The molecule has 0 saturated carbocycles.